The van der Waals surface area contributed by atoms with Crippen LogP contribution in [0.2, 0.25) is 0 Å². The number of ether oxygens (including phenoxy) is 3. The molecule has 18 heteroatoms. The maximum absolute atomic E-state index is 13.4. The predicted molar refractivity (Wildman–Crippen MR) is 314 cm³/mol. The molecule has 3 aliphatic rings. The molecule has 0 atom stereocenters. The van der Waals surface area contributed by atoms with Crippen molar-refractivity contribution >= 4 is 64.2 Å². The highest BCUT2D eigenvalue weighted by atomic mass is 35.5. The fourth-order valence-corrected chi connectivity index (χ4v) is 12.7. The van der Waals surface area contributed by atoms with Crippen LogP contribution in [-0.4, -0.2) is 93.3 Å². The molecule has 0 unspecified atom stereocenters. The summed E-state index contributed by atoms with van der Waals surface area (Å²) in [4.78, 5) is 26.7. The second-order valence-electron chi connectivity index (χ2n) is 19.7. The summed E-state index contributed by atoms with van der Waals surface area (Å²) >= 11 is 5.44. The van der Waals surface area contributed by atoms with Gasteiger partial charge in [-0.3, -0.25) is 30.0 Å². The number of halogens is 1. The third-order valence-electron chi connectivity index (χ3n) is 14.0. The summed E-state index contributed by atoms with van der Waals surface area (Å²) < 4.78 is 67.2. The van der Waals surface area contributed by atoms with Crippen molar-refractivity contribution in [1.82, 2.24) is 9.80 Å². The van der Waals surface area contributed by atoms with Gasteiger partial charge in [-0.05, 0) is 96.8 Å². The van der Waals surface area contributed by atoms with Gasteiger partial charge in [0.15, 0.2) is 19.7 Å². The Morgan fingerprint density at radius 3 is 1.40 bits per heavy atom. The second-order valence-corrected chi connectivity index (χ2v) is 24.2. The summed E-state index contributed by atoms with van der Waals surface area (Å²) in [5.41, 5.74) is 2.59. The van der Waals surface area contributed by atoms with Crippen molar-refractivity contribution in [3.05, 3.63) is 225 Å². The minimum Gasteiger partial charge on any atom is -0.490 e. The summed E-state index contributed by atoms with van der Waals surface area (Å²) in [5, 5.41) is 25.0. The van der Waals surface area contributed by atoms with Crippen LogP contribution in [0.3, 0.4) is 0 Å². The molecule has 80 heavy (non-hydrogen) atoms. The molecule has 11 rings (SSSR count). The molecule has 0 amide bonds. The molecule has 418 valence electrons. The number of nitro benzene ring substituents is 2. The van der Waals surface area contributed by atoms with E-state index in [0.717, 1.165) is 94.3 Å². The molecule has 3 fully saturated rings. The first-order chi connectivity index (χ1) is 38.7. The van der Waals surface area contributed by atoms with Gasteiger partial charge in [0.1, 0.15) is 28.9 Å². The molecule has 8 aromatic carbocycles. The Labute approximate surface area is 472 Å². The quantitative estimate of drug-likeness (QED) is 0.0536. The lowest BCUT2D eigenvalue weighted by atomic mass is 10.1. The Bertz CT molecular complexity index is 3500. The Hall–Kier alpha value is -7.25. The summed E-state index contributed by atoms with van der Waals surface area (Å²) in [6.45, 7) is 7.65. The number of benzene rings is 8. The SMILES string of the molecule is C1CCOC1.O=S(=O)(CCl)c1cccc2ccccc12.O=[N+]([O-])c1ccc(OC2CCN(Cc3ccccc3)CC2)cc1.O=[N+]([O-])c1ccc(OC2CCN(Cc3ccccc3)CC2)cc1CS(=O)(=O)c1cccc2ccccc12. The fourth-order valence-electron chi connectivity index (χ4n) is 9.80. The number of piperidine rings is 2. The monoisotopic (exact) mass is 1140 g/mol. The van der Waals surface area contributed by atoms with Crippen LogP contribution in [-0.2, 0) is 43.3 Å². The van der Waals surface area contributed by atoms with Crippen molar-refractivity contribution in [3.63, 3.8) is 0 Å². The molecule has 0 saturated carbocycles. The van der Waals surface area contributed by atoms with E-state index in [9.17, 15) is 37.1 Å². The van der Waals surface area contributed by atoms with Gasteiger partial charge >= 0.3 is 0 Å². The van der Waals surface area contributed by atoms with Crippen molar-refractivity contribution < 1.29 is 40.9 Å². The van der Waals surface area contributed by atoms with Crippen LogP contribution in [0, 0.1) is 20.2 Å². The summed E-state index contributed by atoms with van der Waals surface area (Å²) in [6.07, 6.45) is 6.31. The third kappa shape index (κ3) is 16.9. The highest BCUT2D eigenvalue weighted by Gasteiger charge is 2.27. The maximum atomic E-state index is 13.4. The van der Waals surface area contributed by atoms with E-state index in [1.54, 1.807) is 60.7 Å². The van der Waals surface area contributed by atoms with Gasteiger partial charge in [-0.1, -0.05) is 133 Å². The number of non-ortho nitro benzene ring substituents is 1. The number of likely N-dealkylation sites (tertiary alicyclic amines) is 2. The standard InChI is InChI=1S/C29H28N2O5S.C18H20N2O3.C11H9ClO2S.C4H8O/c32-31(33)28-14-13-26(36-25-15-17-30(18-16-25)20-22-7-2-1-3-8-22)19-24(28)21-37(34,35)29-12-6-10-23-9-4-5-11-27(23)29;21-20(22)16-6-8-17(9-7-16)23-18-10-12-19(13-11-18)14-15-4-2-1-3-5-15;12-8-15(13,14)11-7-3-5-9-4-1-2-6-10(9)11;1-2-4-5-3-1/h1-14,19,25H,15-18,20-21H2;1-9,18H,10-14H2;1-7H,8H2;1-4H2. The number of nitrogens with zero attached hydrogens (tertiary/aromatic N) is 4. The predicted octanol–water partition coefficient (Wildman–Crippen LogP) is 13.0. The van der Waals surface area contributed by atoms with E-state index in [2.05, 4.69) is 46.2 Å². The van der Waals surface area contributed by atoms with Gasteiger partial charge in [0.05, 0.1) is 25.4 Å². The normalized spacial score (nSPS) is 15.3. The molecule has 0 bridgehead atoms. The van der Waals surface area contributed by atoms with E-state index in [1.165, 1.54) is 48.2 Å². The number of hydrogen-bond acceptors (Lipinski definition) is 13. The van der Waals surface area contributed by atoms with Crippen molar-refractivity contribution in [2.24, 2.45) is 0 Å². The number of hydrogen-bond donors (Lipinski definition) is 0. The van der Waals surface area contributed by atoms with Gasteiger partial charge in [-0.2, -0.15) is 0 Å². The Balaban J connectivity index is 0.000000165. The van der Waals surface area contributed by atoms with Crippen LogP contribution >= 0.6 is 11.6 Å². The van der Waals surface area contributed by atoms with Crippen LogP contribution in [0.1, 0.15) is 55.2 Å². The first-order valence-corrected chi connectivity index (χ1v) is 30.5. The van der Waals surface area contributed by atoms with Gasteiger partial charge < -0.3 is 14.2 Å². The van der Waals surface area contributed by atoms with Crippen molar-refractivity contribution in [1.29, 1.82) is 0 Å². The first kappa shape index (κ1) is 58.9. The van der Waals surface area contributed by atoms with E-state index in [1.807, 2.05) is 66.7 Å². The van der Waals surface area contributed by atoms with Crippen molar-refractivity contribution in [2.75, 3.05) is 44.6 Å². The number of sulfone groups is 2. The highest BCUT2D eigenvalue weighted by molar-refractivity contribution is 7.92. The molecular weight excluding hydrogens is 1080 g/mol. The van der Waals surface area contributed by atoms with Crippen LogP contribution in [0.5, 0.6) is 11.5 Å². The molecule has 8 aromatic rings. The van der Waals surface area contributed by atoms with Crippen LogP contribution in [0.25, 0.3) is 21.5 Å². The Morgan fingerprint density at radius 1 is 0.512 bits per heavy atom. The molecule has 0 radical (unpaired) electrons. The zero-order valence-corrected chi connectivity index (χ0v) is 46.7. The van der Waals surface area contributed by atoms with E-state index >= 15 is 0 Å². The molecule has 0 aromatic heterocycles. The van der Waals surface area contributed by atoms with Crippen LogP contribution < -0.4 is 9.47 Å². The smallest absolute Gasteiger partial charge is 0.273 e. The average Bonchev–Trinajstić information content (AvgIpc) is 4.10. The Morgan fingerprint density at radius 2 is 0.950 bits per heavy atom. The third-order valence-corrected chi connectivity index (χ3v) is 17.8. The van der Waals surface area contributed by atoms with E-state index in [4.69, 9.17) is 25.8 Å². The molecule has 15 nitrogen and oxygen atoms in total. The topological polar surface area (TPSA) is 189 Å². The lowest BCUT2D eigenvalue weighted by Crippen LogP contribution is -2.37. The van der Waals surface area contributed by atoms with Gasteiger partial charge in [-0.25, -0.2) is 16.8 Å². The van der Waals surface area contributed by atoms with E-state index < -0.39 is 35.3 Å². The zero-order chi connectivity index (χ0) is 56.3. The van der Waals surface area contributed by atoms with Gasteiger partial charge in [-0.15, -0.1) is 11.6 Å². The molecule has 0 aliphatic carbocycles. The highest BCUT2D eigenvalue weighted by Crippen LogP contribution is 2.33. The van der Waals surface area contributed by atoms with Crippen molar-refractivity contribution in [3.8, 4) is 11.5 Å². The van der Waals surface area contributed by atoms with Gasteiger partial charge in [0.2, 0.25) is 0 Å². The molecule has 3 aliphatic heterocycles. The summed E-state index contributed by atoms with van der Waals surface area (Å²) in [5.74, 6) is 0.677. The van der Waals surface area contributed by atoms with E-state index in [-0.39, 0.29) is 39.3 Å². The maximum Gasteiger partial charge on any atom is 0.273 e. The number of alkyl halides is 1. The second kappa shape index (κ2) is 28.8. The van der Waals surface area contributed by atoms with Crippen LogP contribution in [0.15, 0.2) is 198 Å². The summed E-state index contributed by atoms with van der Waals surface area (Å²) in [7, 11) is -7.21. The van der Waals surface area contributed by atoms with Crippen molar-refractivity contribution in [2.45, 2.75) is 79.4 Å². The number of rotatable bonds is 15. The molecule has 0 spiro atoms. The molecule has 3 heterocycles. The minimum absolute atomic E-state index is 0.0315. The van der Waals surface area contributed by atoms with Crippen LogP contribution in [0.4, 0.5) is 11.4 Å². The largest absolute Gasteiger partial charge is 0.490 e. The van der Waals surface area contributed by atoms with Gasteiger partial charge in [0.25, 0.3) is 11.4 Å². The first-order valence-electron chi connectivity index (χ1n) is 26.7. The van der Waals surface area contributed by atoms with Gasteiger partial charge in [0, 0.05) is 87.0 Å². The molecular formula is C62H65ClN4O11S2. The van der Waals surface area contributed by atoms with E-state index in [0.29, 0.717) is 21.8 Å². The fraction of sp³-hybridized carbons (Fsp3) is 0.290. The number of nitro groups is 2. The minimum atomic E-state index is -3.85. The lowest BCUT2D eigenvalue weighted by Gasteiger charge is -2.32. The number of fused-ring (bicyclic) bond motifs is 2. The summed E-state index contributed by atoms with van der Waals surface area (Å²) in [6, 6.07) is 56.4. The Kier molecular flexibility index (Phi) is 21.2. The average molecular weight is 1140 g/mol. The lowest BCUT2D eigenvalue weighted by molar-refractivity contribution is -0.385. The zero-order valence-electron chi connectivity index (χ0n) is 44.3. The molecule has 0 N–H and O–H groups in total. The molecule has 3 saturated heterocycles.